The Morgan fingerprint density at radius 3 is 1.05 bits per heavy atom. The third-order valence-corrected chi connectivity index (χ3v) is 7.49. The lowest BCUT2D eigenvalue weighted by molar-refractivity contribution is 0.168. The van der Waals surface area contributed by atoms with Gasteiger partial charge in [0.1, 0.15) is 0 Å². The van der Waals surface area contributed by atoms with E-state index in [1.807, 2.05) is 36.4 Å². The topological polar surface area (TPSA) is 26.7 Å². The Bertz CT molecular complexity index is 1580. The smallest absolute Gasteiger partial charge is 0.0793 e. The van der Waals surface area contributed by atoms with Crippen molar-refractivity contribution in [2.24, 2.45) is 0 Å². The van der Waals surface area contributed by atoms with Crippen molar-refractivity contribution in [2.75, 3.05) is 9.80 Å². The predicted molar refractivity (Wildman–Crippen MR) is 176 cm³/mol. The average Bonchev–Trinajstić information content (AvgIpc) is 3.07. The fourth-order valence-electron chi connectivity index (χ4n) is 5.33. The first-order valence-corrected chi connectivity index (χ1v) is 14.4. The molecule has 0 aliphatic carbocycles. The number of hydrogen-bond donors (Lipinski definition) is 1. The number of benzene rings is 6. The molecule has 0 heterocycles. The summed E-state index contributed by atoms with van der Waals surface area (Å²) >= 11 is 0. The maximum atomic E-state index is 11.1. The molecule has 0 aliphatic rings. The zero-order valence-corrected chi connectivity index (χ0v) is 23.5. The van der Waals surface area contributed by atoms with Crippen LogP contribution < -0.4 is 9.80 Å². The van der Waals surface area contributed by atoms with E-state index in [1.165, 1.54) is 5.56 Å². The lowest BCUT2D eigenvalue weighted by Crippen LogP contribution is -2.10. The average molecular weight is 547 g/mol. The summed E-state index contributed by atoms with van der Waals surface area (Å²) in [4.78, 5) is 4.49. The molecule has 1 unspecified atom stereocenters. The highest BCUT2D eigenvalue weighted by Crippen LogP contribution is 2.36. The summed E-state index contributed by atoms with van der Waals surface area (Å²) < 4.78 is 0. The van der Waals surface area contributed by atoms with Crippen LogP contribution in [0.25, 0.3) is 0 Å². The van der Waals surface area contributed by atoms with E-state index in [-0.39, 0.29) is 0 Å². The maximum absolute atomic E-state index is 11.1. The second-order valence-electron chi connectivity index (χ2n) is 10.3. The number of aliphatic hydroxyl groups excluding tert-OH is 1. The van der Waals surface area contributed by atoms with Gasteiger partial charge in [-0.25, -0.2) is 0 Å². The van der Waals surface area contributed by atoms with Crippen molar-refractivity contribution in [2.45, 2.75) is 18.9 Å². The van der Waals surface area contributed by atoms with Gasteiger partial charge in [-0.05, 0) is 96.8 Å². The summed E-state index contributed by atoms with van der Waals surface area (Å²) in [6, 6.07) is 58.5. The minimum absolute atomic E-state index is 0.536. The molecule has 3 nitrogen and oxygen atoms in total. The Hall–Kier alpha value is -5.12. The molecule has 0 fully saturated rings. The van der Waals surface area contributed by atoms with Crippen LogP contribution in [0.5, 0.6) is 0 Å². The van der Waals surface area contributed by atoms with Crippen molar-refractivity contribution in [3.05, 3.63) is 181 Å². The fourth-order valence-corrected chi connectivity index (χ4v) is 5.33. The number of rotatable bonds is 10. The van der Waals surface area contributed by atoms with Crippen LogP contribution in [0, 0.1) is 0 Å². The standard InChI is InChI=1S/C39H34N2O/c42-39(32-24-28-38(29-25-32)41(35-17-9-3-10-18-35)36-19-11-4-12-20-36)30-23-31-21-26-37(27-22-31)40(33-13-5-1-6-14-33)34-15-7-2-8-16-34/h1-22,24-29,39,42H,23,30H2. The van der Waals surface area contributed by atoms with E-state index in [9.17, 15) is 5.11 Å². The Labute approximate surface area is 248 Å². The summed E-state index contributed by atoms with van der Waals surface area (Å²) in [6.07, 6.45) is 0.909. The first kappa shape index (κ1) is 27.1. The Balaban J connectivity index is 1.15. The molecule has 1 N–H and O–H groups in total. The zero-order valence-electron chi connectivity index (χ0n) is 23.5. The van der Waals surface area contributed by atoms with E-state index < -0.39 is 6.10 Å². The van der Waals surface area contributed by atoms with Crippen molar-refractivity contribution < 1.29 is 5.11 Å². The molecule has 0 spiro atoms. The number of para-hydroxylation sites is 4. The second-order valence-corrected chi connectivity index (χ2v) is 10.3. The van der Waals surface area contributed by atoms with Crippen LogP contribution in [0.2, 0.25) is 0 Å². The summed E-state index contributed by atoms with van der Waals surface area (Å²) in [6.45, 7) is 0. The molecule has 0 aromatic heterocycles. The highest BCUT2D eigenvalue weighted by atomic mass is 16.3. The minimum Gasteiger partial charge on any atom is -0.388 e. The quantitative estimate of drug-likeness (QED) is 0.185. The molecule has 206 valence electrons. The molecule has 0 aliphatic heterocycles. The van der Waals surface area contributed by atoms with Gasteiger partial charge in [0.25, 0.3) is 0 Å². The number of hydrogen-bond acceptors (Lipinski definition) is 3. The second kappa shape index (κ2) is 13.0. The molecule has 0 radical (unpaired) electrons. The highest BCUT2D eigenvalue weighted by Gasteiger charge is 2.15. The van der Waals surface area contributed by atoms with Crippen molar-refractivity contribution in [3.63, 3.8) is 0 Å². The van der Waals surface area contributed by atoms with Gasteiger partial charge in [0.05, 0.1) is 6.10 Å². The summed E-state index contributed by atoms with van der Waals surface area (Å²) in [7, 11) is 0. The molecule has 6 aromatic carbocycles. The summed E-state index contributed by atoms with van der Waals surface area (Å²) in [5.74, 6) is 0. The summed E-state index contributed by atoms with van der Waals surface area (Å²) in [5, 5.41) is 11.1. The molecule has 0 saturated heterocycles. The molecule has 6 rings (SSSR count). The van der Waals surface area contributed by atoms with E-state index in [1.54, 1.807) is 0 Å². The van der Waals surface area contributed by atoms with Crippen molar-refractivity contribution in [1.29, 1.82) is 0 Å². The normalized spacial score (nSPS) is 11.5. The third-order valence-electron chi connectivity index (χ3n) is 7.49. The van der Waals surface area contributed by atoms with E-state index in [0.717, 1.165) is 46.1 Å². The van der Waals surface area contributed by atoms with E-state index in [0.29, 0.717) is 6.42 Å². The van der Waals surface area contributed by atoms with Gasteiger partial charge in [0.2, 0.25) is 0 Å². The molecule has 6 aromatic rings. The first-order chi connectivity index (χ1) is 20.8. The zero-order chi connectivity index (χ0) is 28.6. The van der Waals surface area contributed by atoms with Crippen LogP contribution >= 0.6 is 0 Å². The molecular weight excluding hydrogens is 512 g/mol. The van der Waals surface area contributed by atoms with Gasteiger partial charge >= 0.3 is 0 Å². The first-order valence-electron chi connectivity index (χ1n) is 14.4. The van der Waals surface area contributed by atoms with Gasteiger partial charge in [-0.15, -0.1) is 0 Å². The third kappa shape index (κ3) is 6.27. The number of aryl methyl sites for hydroxylation is 1. The van der Waals surface area contributed by atoms with Gasteiger partial charge < -0.3 is 14.9 Å². The predicted octanol–water partition coefficient (Wildman–Crippen LogP) is 10.3. The molecule has 3 heteroatoms. The van der Waals surface area contributed by atoms with E-state index in [2.05, 4.69) is 143 Å². The monoisotopic (exact) mass is 546 g/mol. The minimum atomic E-state index is -0.536. The van der Waals surface area contributed by atoms with Crippen LogP contribution in [-0.4, -0.2) is 5.11 Å². The van der Waals surface area contributed by atoms with Crippen LogP contribution in [0.3, 0.4) is 0 Å². The molecule has 42 heavy (non-hydrogen) atoms. The fraction of sp³-hybridized carbons (Fsp3) is 0.0769. The lowest BCUT2D eigenvalue weighted by atomic mass is 10.0. The van der Waals surface area contributed by atoms with E-state index >= 15 is 0 Å². The number of nitrogens with zero attached hydrogens (tertiary/aromatic N) is 2. The van der Waals surface area contributed by atoms with Gasteiger partial charge in [0, 0.05) is 34.1 Å². The molecule has 0 amide bonds. The van der Waals surface area contributed by atoms with Crippen LogP contribution in [0.4, 0.5) is 34.1 Å². The summed E-state index contributed by atoms with van der Waals surface area (Å²) in [5.41, 5.74) is 8.72. The van der Waals surface area contributed by atoms with Gasteiger partial charge in [-0.3, -0.25) is 0 Å². The van der Waals surface area contributed by atoms with Gasteiger partial charge in [-0.2, -0.15) is 0 Å². The molecule has 1 atom stereocenters. The SMILES string of the molecule is OC(CCc1ccc(N(c2ccccc2)c2ccccc2)cc1)c1ccc(N(c2ccccc2)c2ccccc2)cc1. The largest absolute Gasteiger partial charge is 0.388 e. The van der Waals surface area contributed by atoms with Crippen LogP contribution in [-0.2, 0) is 6.42 Å². The Kier molecular flexibility index (Phi) is 8.40. The molecule has 0 bridgehead atoms. The van der Waals surface area contributed by atoms with E-state index in [4.69, 9.17) is 0 Å². The maximum Gasteiger partial charge on any atom is 0.0793 e. The van der Waals surface area contributed by atoms with Crippen molar-refractivity contribution >= 4 is 34.1 Å². The van der Waals surface area contributed by atoms with Crippen molar-refractivity contribution in [1.82, 2.24) is 0 Å². The lowest BCUT2D eigenvalue weighted by Gasteiger charge is -2.26. The van der Waals surface area contributed by atoms with Crippen LogP contribution in [0.15, 0.2) is 170 Å². The van der Waals surface area contributed by atoms with Crippen molar-refractivity contribution in [3.8, 4) is 0 Å². The highest BCUT2D eigenvalue weighted by molar-refractivity contribution is 5.77. The Morgan fingerprint density at radius 2 is 0.690 bits per heavy atom. The van der Waals surface area contributed by atoms with Gasteiger partial charge in [-0.1, -0.05) is 97.1 Å². The molecular formula is C39H34N2O. The number of aliphatic hydroxyl groups is 1. The molecule has 0 saturated carbocycles. The Morgan fingerprint density at radius 1 is 0.381 bits per heavy atom. The van der Waals surface area contributed by atoms with Crippen LogP contribution in [0.1, 0.15) is 23.7 Å². The number of anilines is 6. The van der Waals surface area contributed by atoms with Gasteiger partial charge in [0.15, 0.2) is 0 Å².